The molecule has 27 heavy (non-hydrogen) atoms. The predicted molar refractivity (Wildman–Crippen MR) is 106 cm³/mol. The molecule has 3 rings (SSSR count). The number of thiophene rings is 1. The number of esters is 1. The van der Waals surface area contributed by atoms with Gasteiger partial charge in [0.25, 0.3) is 0 Å². The number of carbonyl (C=O) groups excluding carboxylic acids is 1. The van der Waals surface area contributed by atoms with E-state index in [9.17, 15) is 13.2 Å². The average Bonchev–Trinajstić information content (AvgIpc) is 3.23. The van der Waals surface area contributed by atoms with Crippen LogP contribution in [-0.4, -0.2) is 21.5 Å². The SMILES string of the molecule is COC(=O)C[C@H](NS(=O)(=O)c1ccccc1-c1ccccc1)c1cccs1. The molecular weight excluding hydrogens is 382 g/mol. The first-order valence-electron chi connectivity index (χ1n) is 8.28. The Morgan fingerprint density at radius 3 is 2.41 bits per heavy atom. The van der Waals surface area contributed by atoms with Crippen LogP contribution < -0.4 is 4.72 Å². The Balaban J connectivity index is 1.98. The van der Waals surface area contributed by atoms with Crippen molar-refractivity contribution >= 4 is 27.3 Å². The zero-order valence-electron chi connectivity index (χ0n) is 14.7. The van der Waals surface area contributed by atoms with E-state index in [4.69, 9.17) is 4.74 Å². The van der Waals surface area contributed by atoms with E-state index in [1.165, 1.54) is 18.4 Å². The third-order valence-electron chi connectivity index (χ3n) is 4.04. The van der Waals surface area contributed by atoms with Crippen LogP contribution >= 0.6 is 11.3 Å². The smallest absolute Gasteiger partial charge is 0.307 e. The lowest BCUT2D eigenvalue weighted by Gasteiger charge is -2.18. The highest BCUT2D eigenvalue weighted by atomic mass is 32.2. The van der Waals surface area contributed by atoms with E-state index < -0.39 is 22.0 Å². The number of methoxy groups -OCH3 is 1. The Hall–Kier alpha value is -2.48. The predicted octanol–water partition coefficient (Wildman–Crippen LogP) is 4.00. The number of sulfonamides is 1. The Kier molecular flexibility index (Phi) is 6.05. The van der Waals surface area contributed by atoms with Gasteiger partial charge in [0.15, 0.2) is 0 Å². The van der Waals surface area contributed by atoms with Crippen molar-refractivity contribution in [2.45, 2.75) is 17.4 Å². The summed E-state index contributed by atoms with van der Waals surface area (Å²) in [6, 6.07) is 19.1. The van der Waals surface area contributed by atoms with Crippen molar-refractivity contribution in [2.75, 3.05) is 7.11 Å². The minimum absolute atomic E-state index is 0.0796. The summed E-state index contributed by atoms with van der Waals surface area (Å²) in [5, 5.41) is 1.84. The van der Waals surface area contributed by atoms with Crippen molar-refractivity contribution < 1.29 is 17.9 Å². The lowest BCUT2D eigenvalue weighted by Crippen LogP contribution is -2.30. The van der Waals surface area contributed by atoms with Crippen LogP contribution in [0.25, 0.3) is 11.1 Å². The molecule has 0 fully saturated rings. The molecule has 1 atom stereocenters. The van der Waals surface area contributed by atoms with Gasteiger partial charge in [-0.2, -0.15) is 0 Å². The van der Waals surface area contributed by atoms with Gasteiger partial charge in [-0.15, -0.1) is 11.3 Å². The van der Waals surface area contributed by atoms with Crippen molar-refractivity contribution in [1.82, 2.24) is 4.72 Å². The number of nitrogens with one attached hydrogen (secondary N) is 1. The molecule has 0 aliphatic carbocycles. The minimum Gasteiger partial charge on any atom is -0.469 e. The van der Waals surface area contributed by atoms with Crippen molar-refractivity contribution in [1.29, 1.82) is 0 Å². The normalized spacial score (nSPS) is 12.5. The highest BCUT2D eigenvalue weighted by Gasteiger charge is 2.26. The summed E-state index contributed by atoms with van der Waals surface area (Å²) in [4.78, 5) is 12.7. The van der Waals surface area contributed by atoms with Crippen LogP contribution in [-0.2, 0) is 19.6 Å². The molecule has 0 saturated carbocycles. The fourth-order valence-electron chi connectivity index (χ4n) is 2.75. The second-order valence-corrected chi connectivity index (χ2v) is 8.49. The van der Waals surface area contributed by atoms with Gasteiger partial charge in [-0.25, -0.2) is 13.1 Å². The van der Waals surface area contributed by atoms with Gasteiger partial charge in [0.05, 0.1) is 24.5 Å². The number of hydrogen-bond acceptors (Lipinski definition) is 5. The fraction of sp³-hybridized carbons (Fsp3) is 0.150. The number of rotatable bonds is 7. The zero-order chi connectivity index (χ0) is 19.3. The molecule has 1 N–H and O–H groups in total. The quantitative estimate of drug-likeness (QED) is 0.608. The molecule has 3 aromatic rings. The van der Waals surface area contributed by atoms with E-state index in [1.54, 1.807) is 30.3 Å². The van der Waals surface area contributed by atoms with Crippen LogP contribution in [0, 0.1) is 0 Å². The van der Waals surface area contributed by atoms with E-state index in [0.717, 1.165) is 10.4 Å². The third kappa shape index (κ3) is 4.63. The molecule has 0 spiro atoms. The van der Waals surface area contributed by atoms with Gasteiger partial charge >= 0.3 is 5.97 Å². The Morgan fingerprint density at radius 2 is 1.74 bits per heavy atom. The van der Waals surface area contributed by atoms with Crippen LogP contribution in [0.5, 0.6) is 0 Å². The lowest BCUT2D eigenvalue weighted by atomic mass is 10.1. The molecule has 0 aliphatic rings. The van der Waals surface area contributed by atoms with Gasteiger partial charge in [0.2, 0.25) is 10.0 Å². The fourth-order valence-corrected chi connectivity index (χ4v) is 5.05. The number of hydrogen-bond donors (Lipinski definition) is 1. The molecule has 0 aliphatic heterocycles. The highest BCUT2D eigenvalue weighted by molar-refractivity contribution is 7.89. The zero-order valence-corrected chi connectivity index (χ0v) is 16.3. The molecule has 0 saturated heterocycles. The largest absolute Gasteiger partial charge is 0.469 e. The maximum absolute atomic E-state index is 13.1. The van der Waals surface area contributed by atoms with Crippen LogP contribution in [0.15, 0.2) is 77.0 Å². The second kappa shape index (κ2) is 8.47. The second-order valence-electron chi connectivity index (χ2n) is 5.83. The molecule has 0 unspecified atom stereocenters. The van der Waals surface area contributed by atoms with E-state index in [0.29, 0.717) is 5.56 Å². The monoisotopic (exact) mass is 401 g/mol. The van der Waals surface area contributed by atoms with Gasteiger partial charge in [-0.1, -0.05) is 54.6 Å². The summed E-state index contributed by atoms with van der Waals surface area (Å²) >= 11 is 1.39. The summed E-state index contributed by atoms with van der Waals surface area (Å²) < 4.78 is 33.7. The van der Waals surface area contributed by atoms with E-state index in [2.05, 4.69) is 4.72 Å². The molecule has 2 aromatic carbocycles. The van der Waals surface area contributed by atoms with E-state index in [-0.39, 0.29) is 11.3 Å². The third-order valence-corrected chi connectivity index (χ3v) is 6.56. The van der Waals surface area contributed by atoms with Gasteiger partial charge in [-0.05, 0) is 23.1 Å². The topological polar surface area (TPSA) is 72.5 Å². The molecule has 140 valence electrons. The minimum atomic E-state index is -3.87. The molecular formula is C20H19NO4S2. The Morgan fingerprint density at radius 1 is 1.04 bits per heavy atom. The van der Waals surface area contributed by atoms with Crippen molar-refractivity contribution in [3.63, 3.8) is 0 Å². The summed E-state index contributed by atoms with van der Waals surface area (Å²) in [6.07, 6.45) is -0.0796. The summed E-state index contributed by atoms with van der Waals surface area (Å²) in [6.45, 7) is 0. The van der Waals surface area contributed by atoms with Crippen LogP contribution in [0.4, 0.5) is 0 Å². The first-order valence-corrected chi connectivity index (χ1v) is 10.6. The molecule has 7 heteroatoms. The molecule has 0 amide bonds. The Bertz CT molecular complexity index is 999. The standard InChI is InChI=1S/C20H19NO4S2/c1-25-20(22)14-17(18-11-7-13-26-18)21-27(23,24)19-12-6-5-10-16(19)15-8-3-2-4-9-15/h2-13,17,21H,14H2,1H3/t17-/m0/s1. The summed E-state index contributed by atoms with van der Waals surface area (Å²) in [5.74, 6) is -0.479. The van der Waals surface area contributed by atoms with Crippen LogP contribution in [0.3, 0.4) is 0 Å². The highest BCUT2D eigenvalue weighted by Crippen LogP contribution is 2.30. The van der Waals surface area contributed by atoms with Crippen molar-refractivity contribution in [3.05, 3.63) is 77.0 Å². The Labute approximate surface area is 162 Å². The van der Waals surface area contributed by atoms with E-state index >= 15 is 0 Å². The van der Waals surface area contributed by atoms with Gasteiger partial charge in [-0.3, -0.25) is 4.79 Å². The van der Waals surface area contributed by atoms with Crippen molar-refractivity contribution in [2.24, 2.45) is 0 Å². The van der Waals surface area contributed by atoms with E-state index in [1.807, 2.05) is 41.8 Å². The van der Waals surface area contributed by atoms with Gasteiger partial charge < -0.3 is 4.74 Å². The molecule has 1 aromatic heterocycles. The van der Waals surface area contributed by atoms with Crippen LogP contribution in [0.2, 0.25) is 0 Å². The van der Waals surface area contributed by atoms with Gasteiger partial charge in [0, 0.05) is 10.4 Å². The molecule has 0 bridgehead atoms. The van der Waals surface area contributed by atoms with Crippen molar-refractivity contribution in [3.8, 4) is 11.1 Å². The number of benzene rings is 2. The van der Waals surface area contributed by atoms with Crippen LogP contribution in [0.1, 0.15) is 17.3 Å². The van der Waals surface area contributed by atoms with Gasteiger partial charge in [0.1, 0.15) is 0 Å². The lowest BCUT2D eigenvalue weighted by molar-refractivity contribution is -0.141. The molecule has 5 nitrogen and oxygen atoms in total. The summed E-state index contributed by atoms with van der Waals surface area (Å²) in [5.41, 5.74) is 1.41. The summed E-state index contributed by atoms with van der Waals surface area (Å²) in [7, 11) is -2.58. The number of ether oxygens (including phenoxy) is 1. The first kappa shape index (κ1) is 19.3. The maximum atomic E-state index is 13.1. The maximum Gasteiger partial charge on any atom is 0.307 e. The average molecular weight is 402 g/mol. The molecule has 1 heterocycles. The number of carbonyl (C=O) groups is 1. The molecule has 0 radical (unpaired) electrons. The first-order chi connectivity index (χ1) is 13.0.